The second-order valence-electron chi connectivity index (χ2n) is 3.03. The molecule has 0 saturated heterocycles. The van der Waals surface area contributed by atoms with E-state index in [1.165, 1.54) is 5.39 Å². The number of rotatable bonds is 1. The lowest BCUT2D eigenvalue weighted by Gasteiger charge is -2.04. The fourth-order valence-electron chi connectivity index (χ4n) is 1.45. The summed E-state index contributed by atoms with van der Waals surface area (Å²) in [7, 11) is 1.90. The minimum Gasteiger partial charge on any atom is -0.398 e. The van der Waals surface area contributed by atoms with E-state index in [2.05, 4.69) is 23.5 Å². The molecule has 2 aromatic rings. The first kappa shape index (κ1) is 10.4. The first-order chi connectivity index (χ1) is 6.31. The van der Waals surface area contributed by atoms with Crippen molar-refractivity contribution in [2.45, 2.75) is 7.43 Å². The molecule has 2 aromatic carbocycles. The maximum atomic E-state index is 5.85. The van der Waals surface area contributed by atoms with Crippen molar-refractivity contribution >= 4 is 22.1 Å². The van der Waals surface area contributed by atoms with Crippen LogP contribution in [0.1, 0.15) is 7.43 Å². The fraction of sp³-hybridized carbons (Fsp3) is 0.167. The average Bonchev–Trinajstić information content (AvgIpc) is 2.18. The zero-order chi connectivity index (χ0) is 9.26. The van der Waals surface area contributed by atoms with Crippen LogP contribution < -0.4 is 11.1 Å². The van der Waals surface area contributed by atoms with Crippen molar-refractivity contribution in [2.75, 3.05) is 18.1 Å². The third kappa shape index (κ3) is 1.64. The van der Waals surface area contributed by atoms with Gasteiger partial charge in [-0.05, 0) is 23.6 Å². The molecule has 2 heteroatoms. The summed E-state index contributed by atoms with van der Waals surface area (Å²) >= 11 is 0. The summed E-state index contributed by atoms with van der Waals surface area (Å²) in [5, 5.41) is 5.38. The smallest absolute Gasteiger partial charge is 0.0394 e. The molecule has 0 heterocycles. The Bertz CT molecular complexity index is 435. The number of nitrogen functional groups attached to an aromatic ring is 1. The predicted molar refractivity (Wildman–Crippen MR) is 64.6 cm³/mol. The van der Waals surface area contributed by atoms with Crippen molar-refractivity contribution in [2.24, 2.45) is 0 Å². The predicted octanol–water partition coefficient (Wildman–Crippen LogP) is 3.10. The Morgan fingerprint density at radius 3 is 2.64 bits per heavy atom. The Morgan fingerprint density at radius 1 is 1.14 bits per heavy atom. The maximum absolute atomic E-state index is 5.85. The first-order valence-corrected chi connectivity index (χ1v) is 4.27. The summed E-state index contributed by atoms with van der Waals surface area (Å²) < 4.78 is 0. The average molecular weight is 188 g/mol. The molecular weight excluding hydrogens is 172 g/mol. The molecule has 0 fully saturated rings. The van der Waals surface area contributed by atoms with Crippen LogP contribution in [0.3, 0.4) is 0 Å². The quantitative estimate of drug-likeness (QED) is 0.675. The van der Waals surface area contributed by atoms with Gasteiger partial charge in [0.1, 0.15) is 0 Å². The van der Waals surface area contributed by atoms with Gasteiger partial charge in [0.2, 0.25) is 0 Å². The Kier molecular flexibility index (Phi) is 2.97. The second-order valence-corrected chi connectivity index (χ2v) is 3.03. The zero-order valence-corrected chi connectivity index (χ0v) is 7.54. The molecule has 3 N–H and O–H groups in total. The number of hydrogen-bond donors (Lipinski definition) is 2. The normalized spacial score (nSPS) is 9.50. The minimum atomic E-state index is 0. The van der Waals surface area contributed by atoms with Crippen molar-refractivity contribution in [3.63, 3.8) is 0 Å². The van der Waals surface area contributed by atoms with Crippen molar-refractivity contribution < 1.29 is 0 Å². The van der Waals surface area contributed by atoms with Crippen LogP contribution in [0.4, 0.5) is 11.4 Å². The molecular formula is C12H16N2. The molecule has 0 amide bonds. The van der Waals surface area contributed by atoms with Gasteiger partial charge in [-0.15, -0.1) is 0 Å². The van der Waals surface area contributed by atoms with E-state index in [0.717, 1.165) is 16.8 Å². The molecule has 0 aromatic heterocycles. The highest BCUT2D eigenvalue weighted by atomic mass is 14.8. The Labute approximate surface area is 84.7 Å². The van der Waals surface area contributed by atoms with Crippen LogP contribution in [0, 0.1) is 0 Å². The van der Waals surface area contributed by atoms with Gasteiger partial charge >= 0.3 is 0 Å². The lowest BCUT2D eigenvalue weighted by Crippen LogP contribution is -1.90. The van der Waals surface area contributed by atoms with Crippen LogP contribution in [0.15, 0.2) is 36.4 Å². The van der Waals surface area contributed by atoms with Gasteiger partial charge in [-0.25, -0.2) is 0 Å². The molecule has 0 unspecified atom stereocenters. The molecule has 0 radical (unpaired) electrons. The highest BCUT2D eigenvalue weighted by Crippen LogP contribution is 2.23. The van der Waals surface area contributed by atoms with Gasteiger partial charge in [-0.2, -0.15) is 0 Å². The molecule has 14 heavy (non-hydrogen) atoms. The van der Waals surface area contributed by atoms with Crippen molar-refractivity contribution in [1.82, 2.24) is 0 Å². The van der Waals surface area contributed by atoms with E-state index >= 15 is 0 Å². The van der Waals surface area contributed by atoms with E-state index in [-0.39, 0.29) is 7.43 Å². The molecule has 0 saturated carbocycles. The molecule has 0 aliphatic carbocycles. The fourth-order valence-corrected chi connectivity index (χ4v) is 1.45. The standard InChI is InChI=1S/C11H12N2.CH4/c1-13-9-6-5-8-3-2-4-11(12)10(8)7-9;/h2-7,13H,12H2,1H3;1H4. The SMILES string of the molecule is C.CNc1ccc2cccc(N)c2c1. The number of anilines is 2. The Balaban J connectivity index is 0.000000980. The van der Waals surface area contributed by atoms with E-state index < -0.39 is 0 Å². The Hall–Kier alpha value is -1.70. The van der Waals surface area contributed by atoms with E-state index in [1.807, 2.05) is 25.2 Å². The van der Waals surface area contributed by atoms with Gasteiger partial charge in [0.15, 0.2) is 0 Å². The number of hydrogen-bond acceptors (Lipinski definition) is 2. The van der Waals surface area contributed by atoms with E-state index in [9.17, 15) is 0 Å². The summed E-state index contributed by atoms with van der Waals surface area (Å²) in [4.78, 5) is 0. The third-order valence-corrected chi connectivity index (χ3v) is 2.20. The summed E-state index contributed by atoms with van der Waals surface area (Å²) in [6.07, 6.45) is 0. The highest BCUT2D eigenvalue weighted by Gasteiger charge is 1.97. The summed E-state index contributed by atoms with van der Waals surface area (Å²) in [6.45, 7) is 0. The van der Waals surface area contributed by atoms with Gasteiger partial charge in [-0.3, -0.25) is 0 Å². The van der Waals surface area contributed by atoms with E-state index in [0.29, 0.717) is 0 Å². The van der Waals surface area contributed by atoms with Crippen molar-refractivity contribution in [3.05, 3.63) is 36.4 Å². The molecule has 0 bridgehead atoms. The van der Waals surface area contributed by atoms with Gasteiger partial charge < -0.3 is 11.1 Å². The van der Waals surface area contributed by atoms with Crippen LogP contribution in [0.2, 0.25) is 0 Å². The Morgan fingerprint density at radius 2 is 1.93 bits per heavy atom. The summed E-state index contributed by atoms with van der Waals surface area (Å²) in [5.41, 5.74) is 7.77. The van der Waals surface area contributed by atoms with Gasteiger partial charge in [-0.1, -0.05) is 25.6 Å². The monoisotopic (exact) mass is 188 g/mol. The lowest BCUT2D eigenvalue weighted by molar-refractivity contribution is 1.53. The molecule has 2 nitrogen and oxygen atoms in total. The van der Waals surface area contributed by atoms with Crippen molar-refractivity contribution in [1.29, 1.82) is 0 Å². The molecule has 0 atom stereocenters. The highest BCUT2D eigenvalue weighted by molar-refractivity contribution is 5.94. The number of benzene rings is 2. The maximum Gasteiger partial charge on any atom is 0.0394 e. The molecule has 74 valence electrons. The number of fused-ring (bicyclic) bond motifs is 1. The number of nitrogens with one attached hydrogen (secondary N) is 1. The first-order valence-electron chi connectivity index (χ1n) is 4.27. The minimum absolute atomic E-state index is 0. The van der Waals surface area contributed by atoms with Crippen molar-refractivity contribution in [3.8, 4) is 0 Å². The molecule has 0 spiro atoms. The zero-order valence-electron chi connectivity index (χ0n) is 7.54. The van der Waals surface area contributed by atoms with Crippen LogP contribution in [0.25, 0.3) is 10.8 Å². The molecule has 0 aliphatic rings. The van der Waals surface area contributed by atoms with Crippen LogP contribution in [-0.4, -0.2) is 7.05 Å². The molecule has 2 rings (SSSR count). The topological polar surface area (TPSA) is 38.0 Å². The van der Waals surface area contributed by atoms with Crippen LogP contribution >= 0.6 is 0 Å². The lowest BCUT2D eigenvalue weighted by atomic mass is 10.1. The molecule has 0 aliphatic heterocycles. The van der Waals surface area contributed by atoms with E-state index in [1.54, 1.807) is 0 Å². The van der Waals surface area contributed by atoms with Crippen LogP contribution in [-0.2, 0) is 0 Å². The van der Waals surface area contributed by atoms with Gasteiger partial charge in [0.25, 0.3) is 0 Å². The third-order valence-electron chi connectivity index (χ3n) is 2.20. The second kappa shape index (κ2) is 4.01. The summed E-state index contributed by atoms with van der Waals surface area (Å²) in [6, 6.07) is 12.1. The largest absolute Gasteiger partial charge is 0.398 e. The van der Waals surface area contributed by atoms with Crippen LogP contribution in [0.5, 0.6) is 0 Å². The number of nitrogens with two attached hydrogens (primary N) is 1. The van der Waals surface area contributed by atoms with Gasteiger partial charge in [0.05, 0.1) is 0 Å². The van der Waals surface area contributed by atoms with E-state index in [4.69, 9.17) is 5.73 Å². The summed E-state index contributed by atoms with van der Waals surface area (Å²) in [5.74, 6) is 0. The van der Waals surface area contributed by atoms with Gasteiger partial charge in [0, 0.05) is 23.8 Å².